The van der Waals surface area contributed by atoms with Crippen molar-refractivity contribution >= 4 is 28.5 Å². The zero-order valence-corrected chi connectivity index (χ0v) is 15.2. The van der Waals surface area contributed by atoms with Crippen LogP contribution in [0, 0.1) is 6.92 Å². The molecule has 3 rings (SSSR count). The fraction of sp³-hybridized carbons (Fsp3) is 0.150. The van der Waals surface area contributed by atoms with Gasteiger partial charge >= 0.3 is 0 Å². The van der Waals surface area contributed by atoms with E-state index in [0.29, 0.717) is 18.2 Å². The summed E-state index contributed by atoms with van der Waals surface area (Å²) in [5.41, 5.74) is 2.13. The third-order valence-corrected chi connectivity index (χ3v) is 4.40. The lowest BCUT2D eigenvalue weighted by molar-refractivity contribution is -0.111. The molecule has 0 aliphatic carbocycles. The summed E-state index contributed by atoms with van der Waals surface area (Å²) in [6.45, 7) is 2.54. The van der Waals surface area contributed by atoms with Crippen LogP contribution in [0.2, 0.25) is 0 Å². The van der Waals surface area contributed by atoms with Crippen molar-refractivity contribution in [2.45, 2.75) is 13.3 Å². The van der Waals surface area contributed by atoms with E-state index >= 15 is 0 Å². The number of carbonyl (C=O) groups is 1. The Balaban J connectivity index is 1.47. The zero-order valence-electron chi connectivity index (χ0n) is 14.4. The third-order valence-electron chi connectivity index (χ3n) is 3.50. The average molecular weight is 365 g/mol. The van der Waals surface area contributed by atoms with E-state index in [9.17, 15) is 4.79 Å². The van der Waals surface area contributed by atoms with Crippen molar-refractivity contribution in [3.05, 3.63) is 76.8 Å². The van der Waals surface area contributed by atoms with Gasteiger partial charge in [0.25, 0.3) is 0 Å². The van der Waals surface area contributed by atoms with Gasteiger partial charge in [-0.15, -0.1) is 10.2 Å². The van der Waals surface area contributed by atoms with E-state index in [2.05, 4.69) is 15.5 Å². The number of anilines is 1. The number of aromatic nitrogens is 2. The van der Waals surface area contributed by atoms with Gasteiger partial charge in [-0.2, -0.15) is 0 Å². The van der Waals surface area contributed by atoms with Gasteiger partial charge < -0.3 is 4.74 Å². The normalized spacial score (nSPS) is 10.8. The second-order valence-corrected chi connectivity index (χ2v) is 6.71. The van der Waals surface area contributed by atoms with E-state index in [-0.39, 0.29) is 5.91 Å². The maximum atomic E-state index is 11.9. The number of rotatable bonds is 7. The largest absolute Gasteiger partial charge is 0.493 e. The monoisotopic (exact) mass is 365 g/mol. The fourth-order valence-electron chi connectivity index (χ4n) is 2.25. The Labute approximate surface area is 156 Å². The topological polar surface area (TPSA) is 64.1 Å². The molecule has 1 aromatic heterocycles. The van der Waals surface area contributed by atoms with Crippen LogP contribution in [-0.4, -0.2) is 22.7 Å². The Bertz CT molecular complexity index is 891. The highest BCUT2D eigenvalue weighted by atomic mass is 32.1. The molecule has 26 heavy (non-hydrogen) atoms. The second kappa shape index (κ2) is 8.92. The molecule has 0 saturated carbocycles. The summed E-state index contributed by atoms with van der Waals surface area (Å²) in [7, 11) is 0. The fourth-order valence-corrected chi connectivity index (χ4v) is 2.97. The van der Waals surface area contributed by atoms with E-state index in [1.54, 1.807) is 6.08 Å². The van der Waals surface area contributed by atoms with Crippen molar-refractivity contribution in [2.75, 3.05) is 11.9 Å². The molecule has 1 amide bonds. The van der Waals surface area contributed by atoms with Gasteiger partial charge in [0.2, 0.25) is 11.0 Å². The van der Waals surface area contributed by atoms with Gasteiger partial charge in [0.15, 0.2) is 0 Å². The Morgan fingerprint density at radius 2 is 2.00 bits per heavy atom. The van der Waals surface area contributed by atoms with Crippen LogP contribution < -0.4 is 10.1 Å². The summed E-state index contributed by atoms with van der Waals surface area (Å²) in [4.78, 5) is 11.9. The van der Waals surface area contributed by atoms with Gasteiger partial charge in [0, 0.05) is 12.5 Å². The molecule has 2 aromatic carbocycles. The molecule has 0 aliphatic heterocycles. The first kappa shape index (κ1) is 17.8. The van der Waals surface area contributed by atoms with E-state index < -0.39 is 0 Å². The van der Waals surface area contributed by atoms with E-state index in [1.807, 2.05) is 61.5 Å². The highest BCUT2D eigenvalue weighted by Gasteiger charge is 2.06. The average Bonchev–Trinajstić information content (AvgIpc) is 3.08. The van der Waals surface area contributed by atoms with Gasteiger partial charge in [0.05, 0.1) is 6.61 Å². The van der Waals surface area contributed by atoms with Crippen molar-refractivity contribution in [3.63, 3.8) is 0 Å². The van der Waals surface area contributed by atoms with Crippen LogP contribution in [0.5, 0.6) is 5.75 Å². The van der Waals surface area contributed by atoms with Gasteiger partial charge in [-0.05, 0) is 36.3 Å². The molecule has 0 atom stereocenters. The molecule has 0 saturated heterocycles. The molecule has 1 N–H and O–H groups in total. The quantitative estimate of drug-likeness (QED) is 0.640. The molecule has 0 fully saturated rings. The summed E-state index contributed by atoms with van der Waals surface area (Å²) in [5, 5.41) is 12.1. The predicted octanol–water partition coefficient (Wildman–Crippen LogP) is 4.12. The number of hydrogen-bond donors (Lipinski definition) is 1. The van der Waals surface area contributed by atoms with Crippen molar-refractivity contribution in [2.24, 2.45) is 0 Å². The molecule has 1 heterocycles. The number of nitrogens with one attached hydrogen (secondary N) is 1. The van der Waals surface area contributed by atoms with E-state index in [1.165, 1.54) is 17.4 Å². The summed E-state index contributed by atoms with van der Waals surface area (Å²) in [5.74, 6) is 0.613. The summed E-state index contributed by atoms with van der Waals surface area (Å²) in [6.07, 6.45) is 3.88. The molecule has 0 radical (unpaired) electrons. The highest BCUT2D eigenvalue weighted by Crippen LogP contribution is 2.17. The lowest BCUT2D eigenvalue weighted by Crippen LogP contribution is -2.07. The molecule has 0 bridgehead atoms. The van der Waals surface area contributed by atoms with Crippen molar-refractivity contribution < 1.29 is 9.53 Å². The maximum absolute atomic E-state index is 11.9. The van der Waals surface area contributed by atoms with E-state index in [4.69, 9.17) is 4.74 Å². The Morgan fingerprint density at radius 3 is 2.81 bits per heavy atom. The van der Waals surface area contributed by atoms with Gasteiger partial charge in [-0.3, -0.25) is 10.1 Å². The zero-order chi connectivity index (χ0) is 18.2. The minimum absolute atomic E-state index is 0.229. The highest BCUT2D eigenvalue weighted by molar-refractivity contribution is 7.15. The minimum Gasteiger partial charge on any atom is -0.493 e. The van der Waals surface area contributed by atoms with Crippen LogP contribution in [0.1, 0.15) is 16.1 Å². The van der Waals surface area contributed by atoms with Crippen molar-refractivity contribution in [3.8, 4) is 5.75 Å². The standard InChI is InChI=1S/C20H19N3O2S/c1-15-6-5-9-17(14-15)25-13-12-19-22-23-20(26-19)21-18(24)11-10-16-7-3-2-4-8-16/h2-11,14H,12-13H2,1H3,(H,21,23,24)/b11-10+. The van der Waals surface area contributed by atoms with Crippen LogP contribution in [0.15, 0.2) is 60.7 Å². The van der Waals surface area contributed by atoms with Gasteiger partial charge in [-0.25, -0.2) is 0 Å². The van der Waals surface area contributed by atoms with Crippen molar-refractivity contribution in [1.82, 2.24) is 10.2 Å². The predicted molar refractivity (Wildman–Crippen MR) is 104 cm³/mol. The summed E-state index contributed by atoms with van der Waals surface area (Å²) < 4.78 is 5.71. The van der Waals surface area contributed by atoms with Crippen LogP contribution in [0.25, 0.3) is 6.08 Å². The summed E-state index contributed by atoms with van der Waals surface area (Å²) in [6, 6.07) is 17.6. The Kier molecular flexibility index (Phi) is 6.11. The number of benzene rings is 2. The van der Waals surface area contributed by atoms with Gasteiger partial charge in [-0.1, -0.05) is 53.8 Å². The Morgan fingerprint density at radius 1 is 1.15 bits per heavy atom. The van der Waals surface area contributed by atoms with Crippen LogP contribution in [0.4, 0.5) is 5.13 Å². The van der Waals surface area contributed by atoms with Crippen LogP contribution in [-0.2, 0) is 11.2 Å². The van der Waals surface area contributed by atoms with Crippen LogP contribution >= 0.6 is 11.3 Å². The molecule has 5 nitrogen and oxygen atoms in total. The molecule has 3 aromatic rings. The first-order valence-corrected chi connectivity index (χ1v) is 9.07. The maximum Gasteiger partial charge on any atom is 0.250 e. The number of amides is 1. The molecule has 6 heteroatoms. The SMILES string of the molecule is Cc1cccc(OCCc2nnc(NC(=O)/C=C/c3ccccc3)s2)c1. The first-order chi connectivity index (χ1) is 12.7. The molecular formula is C20H19N3O2S. The van der Waals surface area contributed by atoms with Gasteiger partial charge in [0.1, 0.15) is 10.8 Å². The lowest BCUT2D eigenvalue weighted by Gasteiger charge is -2.04. The number of nitrogens with zero attached hydrogens (tertiary/aromatic N) is 2. The minimum atomic E-state index is -0.229. The van der Waals surface area contributed by atoms with E-state index in [0.717, 1.165) is 21.9 Å². The summed E-state index contributed by atoms with van der Waals surface area (Å²) >= 11 is 1.35. The Hall–Kier alpha value is -2.99. The number of aryl methyl sites for hydroxylation is 1. The third kappa shape index (κ3) is 5.53. The molecule has 132 valence electrons. The first-order valence-electron chi connectivity index (χ1n) is 8.25. The molecular weight excluding hydrogens is 346 g/mol. The van der Waals surface area contributed by atoms with Crippen molar-refractivity contribution in [1.29, 1.82) is 0 Å². The lowest BCUT2D eigenvalue weighted by atomic mass is 10.2. The molecule has 0 aliphatic rings. The van der Waals surface area contributed by atoms with Crippen LogP contribution in [0.3, 0.4) is 0 Å². The second-order valence-electron chi connectivity index (χ2n) is 5.65. The number of ether oxygens (including phenoxy) is 1. The number of hydrogen-bond acceptors (Lipinski definition) is 5. The molecule has 0 spiro atoms. The molecule has 0 unspecified atom stereocenters. The number of carbonyl (C=O) groups excluding carboxylic acids is 1. The smallest absolute Gasteiger partial charge is 0.250 e.